The van der Waals surface area contributed by atoms with Gasteiger partial charge in [0.2, 0.25) is 0 Å². The summed E-state index contributed by atoms with van der Waals surface area (Å²) in [5, 5.41) is 4.03. The van der Waals surface area contributed by atoms with Crippen LogP contribution >= 0.6 is 22.9 Å². The second-order valence-electron chi connectivity index (χ2n) is 5.82. The van der Waals surface area contributed by atoms with Crippen LogP contribution in [0.2, 0.25) is 5.02 Å². The second kappa shape index (κ2) is 7.20. The number of benzene rings is 2. The van der Waals surface area contributed by atoms with Crippen LogP contribution in [0, 0.1) is 5.92 Å². The summed E-state index contributed by atoms with van der Waals surface area (Å²) in [4.78, 5) is 16.8. The number of thiazole rings is 1. The smallest absolute Gasteiger partial charge is 0.257 e. The van der Waals surface area contributed by atoms with Crippen LogP contribution in [0.15, 0.2) is 42.5 Å². The van der Waals surface area contributed by atoms with Gasteiger partial charge >= 0.3 is 0 Å². The summed E-state index contributed by atoms with van der Waals surface area (Å²) in [5.41, 5.74) is 1.35. The van der Waals surface area contributed by atoms with Crippen molar-refractivity contribution in [1.82, 2.24) is 4.98 Å². The first-order valence-electron chi connectivity index (χ1n) is 7.61. The molecule has 1 aromatic heterocycles. The molecule has 0 fully saturated rings. The Balaban J connectivity index is 1.74. The quantitative estimate of drug-likeness (QED) is 0.677. The normalized spacial score (nSPS) is 11.0. The zero-order valence-electron chi connectivity index (χ0n) is 13.4. The van der Waals surface area contributed by atoms with Crippen LogP contribution in [0.5, 0.6) is 5.75 Å². The van der Waals surface area contributed by atoms with Gasteiger partial charge in [0.05, 0.1) is 16.8 Å². The fourth-order valence-electron chi connectivity index (χ4n) is 2.11. The molecule has 6 heteroatoms. The summed E-state index contributed by atoms with van der Waals surface area (Å²) in [5.74, 6) is 0.902. The summed E-state index contributed by atoms with van der Waals surface area (Å²) < 4.78 is 6.60. The van der Waals surface area contributed by atoms with Gasteiger partial charge < -0.3 is 4.74 Å². The van der Waals surface area contributed by atoms with E-state index in [0.717, 1.165) is 10.2 Å². The number of fused-ring (bicyclic) bond motifs is 1. The highest BCUT2D eigenvalue weighted by molar-refractivity contribution is 7.22. The lowest BCUT2D eigenvalue weighted by Crippen LogP contribution is -2.12. The molecule has 0 aliphatic rings. The number of aromatic nitrogens is 1. The van der Waals surface area contributed by atoms with E-state index in [1.54, 1.807) is 18.2 Å². The molecule has 0 aliphatic heterocycles. The van der Waals surface area contributed by atoms with Gasteiger partial charge in [0, 0.05) is 10.6 Å². The minimum atomic E-state index is -0.213. The highest BCUT2D eigenvalue weighted by Gasteiger charge is 2.11. The molecular weight excluding hydrogens is 344 g/mol. The van der Waals surface area contributed by atoms with E-state index in [2.05, 4.69) is 24.1 Å². The molecule has 3 rings (SSSR count). The molecule has 0 spiro atoms. The van der Waals surface area contributed by atoms with Crippen molar-refractivity contribution in [2.24, 2.45) is 5.92 Å². The lowest BCUT2D eigenvalue weighted by molar-refractivity contribution is 0.102. The van der Waals surface area contributed by atoms with E-state index in [1.165, 1.54) is 11.3 Å². The van der Waals surface area contributed by atoms with Crippen molar-refractivity contribution >= 4 is 44.2 Å². The van der Waals surface area contributed by atoms with Crippen molar-refractivity contribution in [3.05, 3.63) is 53.1 Å². The molecule has 1 N–H and O–H groups in total. The maximum absolute atomic E-state index is 12.4. The Morgan fingerprint density at radius 2 is 2.12 bits per heavy atom. The third kappa shape index (κ3) is 4.04. The fraction of sp³-hybridized carbons (Fsp3) is 0.222. The number of carbonyl (C=O) groups excluding carboxylic acids is 1. The third-order valence-corrected chi connectivity index (χ3v) is 4.42. The average molecular weight is 361 g/mol. The van der Waals surface area contributed by atoms with Crippen LogP contribution < -0.4 is 10.1 Å². The molecule has 0 radical (unpaired) electrons. The zero-order valence-corrected chi connectivity index (χ0v) is 14.9. The van der Waals surface area contributed by atoms with Crippen molar-refractivity contribution in [1.29, 1.82) is 0 Å². The molecule has 124 valence electrons. The largest absolute Gasteiger partial charge is 0.493 e. The average Bonchev–Trinajstić information content (AvgIpc) is 2.94. The van der Waals surface area contributed by atoms with Gasteiger partial charge in [-0.25, -0.2) is 4.98 Å². The van der Waals surface area contributed by atoms with Crippen LogP contribution in [0.4, 0.5) is 5.13 Å². The van der Waals surface area contributed by atoms with E-state index in [9.17, 15) is 4.79 Å². The lowest BCUT2D eigenvalue weighted by Gasteiger charge is -2.09. The Bertz CT molecular complexity index is 876. The first kappa shape index (κ1) is 16.7. The highest BCUT2D eigenvalue weighted by atomic mass is 35.5. The van der Waals surface area contributed by atoms with E-state index in [0.29, 0.717) is 34.0 Å². The first-order valence-corrected chi connectivity index (χ1v) is 8.81. The van der Waals surface area contributed by atoms with Gasteiger partial charge in [-0.2, -0.15) is 0 Å². The zero-order chi connectivity index (χ0) is 17.1. The molecule has 1 amide bonds. The Morgan fingerprint density at radius 1 is 1.29 bits per heavy atom. The van der Waals surface area contributed by atoms with E-state index < -0.39 is 0 Å². The molecule has 0 atom stereocenters. The summed E-state index contributed by atoms with van der Waals surface area (Å²) in [6.45, 7) is 4.77. The van der Waals surface area contributed by atoms with Crippen molar-refractivity contribution in [2.75, 3.05) is 11.9 Å². The number of anilines is 1. The first-order chi connectivity index (χ1) is 11.5. The Morgan fingerprint density at radius 3 is 2.92 bits per heavy atom. The van der Waals surface area contributed by atoms with E-state index in [1.807, 2.05) is 24.3 Å². The molecule has 3 aromatic rings. The van der Waals surface area contributed by atoms with E-state index >= 15 is 0 Å². The fourth-order valence-corrected chi connectivity index (χ4v) is 3.25. The van der Waals surface area contributed by atoms with Crippen molar-refractivity contribution in [3.63, 3.8) is 0 Å². The number of hydrogen-bond donors (Lipinski definition) is 1. The number of amides is 1. The Hall–Kier alpha value is -2.11. The number of rotatable bonds is 5. The number of nitrogens with zero attached hydrogens (tertiary/aromatic N) is 1. The monoisotopic (exact) mass is 360 g/mol. The summed E-state index contributed by atoms with van der Waals surface area (Å²) in [6.07, 6.45) is 0. The van der Waals surface area contributed by atoms with E-state index in [4.69, 9.17) is 16.3 Å². The van der Waals surface area contributed by atoms with Crippen LogP contribution in [-0.4, -0.2) is 17.5 Å². The van der Waals surface area contributed by atoms with Crippen LogP contribution in [0.3, 0.4) is 0 Å². The number of hydrogen-bond acceptors (Lipinski definition) is 4. The Kier molecular flexibility index (Phi) is 5.02. The maximum Gasteiger partial charge on any atom is 0.257 e. The maximum atomic E-state index is 12.4. The van der Waals surface area contributed by atoms with Crippen LogP contribution in [0.1, 0.15) is 24.2 Å². The SMILES string of the molecule is CC(C)COc1cccc(C(=O)Nc2nc3ccc(Cl)cc3s2)c1. The molecule has 0 saturated carbocycles. The highest BCUT2D eigenvalue weighted by Crippen LogP contribution is 2.28. The predicted molar refractivity (Wildman–Crippen MR) is 99.4 cm³/mol. The van der Waals surface area contributed by atoms with Gasteiger partial charge in [-0.3, -0.25) is 10.1 Å². The second-order valence-corrected chi connectivity index (χ2v) is 7.28. The van der Waals surface area contributed by atoms with Crippen LogP contribution in [0.25, 0.3) is 10.2 Å². The molecule has 0 saturated heterocycles. The van der Waals surface area contributed by atoms with Crippen molar-refractivity contribution in [3.8, 4) is 5.75 Å². The molecule has 0 aliphatic carbocycles. The molecule has 2 aromatic carbocycles. The van der Waals surface area contributed by atoms with Crippen LogP contribution in [-0.2, 0) is 0 Å². The van der Waals surface area contributed by atoms with E-state index in [-0.39, 0.29) is 5.91 Å². The molecular formula is C18H17ClN2O2S. The standard InChI is InChI=1S/C18H17ClN2O2S/c1-11(2)10-23-14-5-3-4-12(8-14)17(22)21-18-20-15-7-6-13(19)9-16(15)24-18/h3-9,11H,10H2,1-2H3,(H,20,21,22). The third-order valence-electron chi connectivity index (χ3n) is 3.25. The summed E-state index contributed by atoms with van der Waals surface area (Å²) in [6, 6.07) is 12.6. The molecule has 0 bridgehead atoms. The topological polar surface area (TPSA) is 51.2 Å². The predicted octanol–water partition coefficient (Wildman–Crippen LogP) is 5.24. The molecule has 4 nitrogen and oxygen atoms in total. The molecule has 1 heterocycles. The van der Waals surface area contributed by atoms with Gasteiger partial charge in [0.25, 0.3) is 5.91 Å². The van der Waals surface area contributed by atoms with Crippen molar-refractivity contribution in [2.45, 2.75) is 13.8 Å². The van der Waals surface area contributed by atoms with Gasteiger partial charge in [0.15, 0.2) is 5.13 Å². The molecule has 24 heavy (non-hydrogen) atoms. The minimum absolute atomic E-state index is 0.213. The number of halogens is 1. The number of carbonyl (C=O) groups is 1. The lowest BCUT2D eigenvalue weighted by atomic mass is 10.2. The van der Waals surface area contributed by atoms with Crippen molar-refractivity contribution < 1.29 is 9.53 Å². The summed E-state index contributed by atoms with van der Waals surface area (Å²) in [7, 11) is 0. The van der Waals surface area contributed by atoms with Gasteiger partial charge in [-0.15, -0.1) is 0 Å². The molecule has 0 unspecified atom stereocenters. The van der Waals surface area contributed by atoms with Gasteiger partial charge in [0.1, 0.15) is 5.75 Å². The van der Waals surface area contributed by atoms with Gasteiger partial charge in [-0.1, -0.05) is 42.9 Å². The Labute approximate surface area is 149 Å². The number of ether oxygens (including phenoxy) is 1. The minimum Gasteiger partial charge on any atom is -0.493 e. The van der Waals surface area contributed by atoms with Gasteiger partial charge in [-0.05, 0) is 42.3 Å². The number of nitrogens with one attached hydrogen (secondary N) is 1. The summed E-state index contributed by atoms with van der Waals surface area (Å²) >= 11 is 7.37.